The summed E-state index contributed by atoms with van der Waals surface area (Å²) in [7, 11) is 1.28. The molecular weight excluding hydrogens is 206 g/mol. The maximum atomic E-state index is 12.7. The summed E-state index contributed by atoms with van der Waals surface area (Å²) >= 11 is 0. The topological polar surface area (TPSA) is 68.4 Å². The molecule has 0 aliphatic heterocycles. The van der Waals surface area contributed by atoms with Crippen molar-refractivity contribution >= 4 is 0 Å². The second-order valence-electron chi connectivity index (χ2n) is 2.83. The molecule has 0 fully saturated rings. The number of nitrogens with two attached hydrogens (primary N) is 1. The maximum absolute atomic E-state index is 12.7. The average Bonchev–Trinajstić information content (AvgIpc) is 2.26. The SMILES string of the molecule is COc1cnc(CO)c(CN)c1C(F)F. The molecule has 3 N–H and O–H groups in total. The van der Waals surface area contributed by atoms with Gasteiger partial charge in [-0.2, -0.15) is 0 Å². The highest BCUT2D eigenvalue weighted by Crippen LogP contribution is 2.32. The normalized spacial score (nSPS) is 10.8. The third kappa shape index (κ3) is 2.21. The van der Waals surface area contributed by atoms with E-state index in [2.05, 4.69) is 4.98 Å². The lowest BCUT2D eigenvalue weighted by Gasteiger charge is -2.14. The van der Waals surface area contributed by atoms with Crippen LogP contribution in [0.25, 0.3) is 0 Å². The molecule has 0 saturated carbocycles. The van der Waals surface area contributed by atoms with Gasteiger partial charge in [0.05, 0.1) is 31.2 Å². The molecule has 0 radical (unpaired) electrons. The lowest BCUT2D eigenvalue weighted by Crippen LogP contribution is -2.10. The summed E-state index contributed by atoms with van der Waals surface area (Å²) in [4.78, 5) is 3.79. The van der Waals surface area contributed by atoms with Gasteiger partial charge in [0, 0.05) is 12.1 Å². The Bertz CT molecular complexity index is 345. The molecule has 0 unspecified atom stereocenters. The van der Waals surface area contributed by atoms with Gasteiger partial charge < -0.3 is 15.6 Å². The first-order valence-electron chi connectivity index (χ1n) is 4.29. The van der Waals surface area contributed by atoms with Crippen LogP contribution in [0.15, 0.2) is 6.20 Å². The third-order valence-corrected chi connectivity index (χ3v) is 2.07. The van der Waals surface area contributed by atoms with E-state index >= 15 is 0 Å². The van der Waals surface area contributed by atoms with E-state index in [1.54, 1.807) is 0 Å². The predicted molar refractivity (Wildman–Crippen MR) is 49.6 cm³/mol. The van der Waals surface area contributed by atoms with Crippen LogP contribution in [0.2, 0.25) is 0 Å². The molecule has 4 nitrogen and oxygen atoms in total. The van der Waals surface area contributed by atoms with Gasteiger partial charge in [0.1, 0.15) is 5.75 Å². The Labute approximate surface area is 85.7 Å². The van der Waals surface area contributed by atoms with E-state index in [1.165, 1.54) is 7.11 Å². The lowest BCUT2D eigenvalue weighted by molar-refractivity contribution is 0.145. The Hall–Kier alpha value is -1.27. The van der Waals surface area contributed by atoms with E-state index in [-0.39, 0.29) is 29.1 Å². The molecule has 15 heavy (non-hydrogen) atoms. The van der Waals surface area contributed by atoms with Crippen molar-refractivity contribution in [3.63, 3.8) is 0 Å². The molecule has 1 rings (SSSR count). The van der Waals surface area contributed by atoms with Crippen molar-refractivity contribution in [2.45, 2.75) is 19.6 Å². The first-order valence-corrected chi connectivity index (χ1v) is 4.29. The first-order chi connectivity index (χ1) is 7.15. The summed E-state index contributed by atoms with van der Waals surface area (Å²) in [6.07, 6.45) is -1.54. The van der Waals surface area contributed by atoms with Gasteiger partial charge in [0.25, 0.3) is 6.43 Å². The number of aromatic nitrogens is 1. The smallest absolute Gasteiger partial charge is 0.267 e. The average molecular weight is 218 g/mol. The number of pyridine rings is 1. The molecule has 1 aromatic rings. The number of halogens is 2. The highest BCUT2D eigenvalue weighted by Gasteiger charge is 2.21. The summed E-state index contributed by atoms with van der Waals surface area (Å²) in [5.74, 6) is -0.0114. The van der Waals surface area contributed by atoms with Gasteiger partial charge in [-0.3, -0.25) is 4.98 Å². The number of hydrogen-bond acceptors (Lipinski definition) is 4. The zero-order valence-corrected chi connectivity index (χ0v) is 8.20. The summed E-state index contributed by atoms with van der Waals surface area (Å²) in [5.41, 5.74) is 5.36. The predicted octanol–water partition coefficient (Wildman–Crippen LogP) is 0.979. The van der Waals surface area contributed by atoms with Gasteiger partial charge in [-0.15, -0.1) is 0 Å². The minimum atomic E-state index is -2.70. The Morgan fingerprint density at radius 3 is 2.67 bits per heavy atom. The largest absolute Gasteiger partial charge is 0.495 e. The van der Waals surface area contributed by atoms with Crippen molar-refractivity contribution in [1.82, 2.24) is 4.98 Å². The molecule has 1 heterocycles. The molecule has 0 aliphatic carbocycles. The second-order valence-corrected chi connectivity index (χ2v) is 2.83. The van der Waals surface area contributed by atoms with Crippen LogP contribution in [0.1, 0.15) is 23.2 Å². The second kappa shape index (κ2) is 4.99. The molecule has 0 spiro atoms. The quantitative estimate of drug-likeness (QED) is 0.790. The van der Waals surface area contributed by atoms with Crippen LogP contribution in [0, 0.1) is 0 Å². The Balaban J connectivity index is 3.37. The van der Waals surface area contributed by atoms with Crippen molar-refractivity contribution in [3.05, 3.63) is 23.0 Å². The van der Waals surface area contributed by atoms with Gasteiger partial charge in [0.15, 0.2) is 0 Å². The van der Waals surface area contributed by atoms with Crippen LogP contribution in [0.4, 0.5) is 8.78 Å². The highest BCUT2D eigenvalue weighted by molar-refractivity contribution is 5.41. The van der Waals surface area contributed by atoms with Crippen LogP contribution in [-0.2, 0) is 13.2 Å². The van der Waals surface area contributed by atoms with Gasteiger partial charge in [-0.05, 0) is 0 Å². The van der Waals surface area contributed by atoms with E-state index in [4.69, 9.17) is 15.6 Å². The van der Waals surface area contributed by atoms with Crippen LogP contribution >= 0.6 is 0 Å². The zero-order valence-electron chi connectivity index (χ0n) is 8.20. The van der Waals surface area contributed by atoms with Crippen LogP contribution in [0.5, 0.6) is 5.75 Å². The van der Waals surface area contributed by atoms with Crippen molar-refractivity contribution in [2.75, 3.05) is 7.11 Å². The van der Waals surface area contributed by atoms with Crippen molar-refractivity contribution in [1.29, 1.82) is 0 Å². The minimum Gasteiger partial charge on any atom is -0.495 e. The highest BCUT2D eigenvalue weighted by atomic mass is 19.3. The number of aliphatic hydroxyl groups excluding tert-OH is 1. The van der Waals surface area contributed by atoms with E-state index in [1.807, 2.05) is 0 Å². The van der Waals surface area contributed by atoms with Gasteiger partial charge in [-0.25, -0.2) is 8.78 Å². The van der Waals surface area contributed by atoms with E-state index < -0.39 is 13.0 Å². The molecule has 0 aromatic carbocycles. The van der Waals surface area contributed by atoms with Crippen LogP contribution < -0.4 is 10.5 Å². The number of rotatable bonds is 4. The molecular formula is C9H12F2N2O2. The Morgan fingerprint density at radius 2 is 2.27 bits per heavy atom. The fraction of sp³-hybridized carbons (Fsp3) is 0.444. The number of alkyl halides is 2. The van der Waals surface area contributed by atoms with Crippen molar-refractivity contribution in [2.24, 2.45) is 5.73 Å². The molecule has 0 bridgehead atoms. The number of methoxy groups -OCH3 is 1. The van der Waals surface area contributed by atoms with Gasteiger partial charge in [-0.1, -0.05) is 0 Å². The Morgan fingerprint density at radius 1 is 1.60 bits per heavy atom. The summed E-state index contributed by atoms with van der Waals surface area (Å²) in [6.45, 7) is -0.532. The lowest BCUT2D eigenvalue weighted by atomic mass is 10.1. The molecule has 84 valence electrons. The van der Waals surface area contributed by atoms with Crippen LogP contribution in [-0.4, -0.2) is 17.2 Å². The van der Waals surface area contributed by atoms with Crippen molar-refractivity contribution < 1.29 is 18.6 Å². The molecule has 0 saturated heterocycles. The van der Waals surface area contributed by atoms with E-state index in [0.717, 1.165) is 6.20 Å². The Kier molecular flexibility index (Phi) is 3.93. The number of ether oxygens (including phenoxy) is 1. The molecule has 0 amide bonds. The van der Waals surface area contributed by atoms with E-state index in [9.17, 15) is 8.78 Å². The fourth-order valence-electron chi connectivity index (χ4n) is 1.35. The van der Waals surface area contributed by atoms with E-state index in [0.29, 0.717) is 0 Å². The summed E-state index contributed by atoms with van der Waals surface area (Å²) < 4.78 is 30.2. The fourth-order valence-corrected chi connectivity index (χ4v) is 1.35. The van der Waals surface area contributed by atoms with Crippen LogP contribution in [0.3, 0.4) is 0 Å². The maximum Gasteiger partial charge on any atom is 0.267 e. The molecule has 0 atom stereocenters. The van der Waals surface area contributed by atoms with Gasteiger partial charge >= 0.3 is 0 Å². The zero-order chi connectivity index (χ0) is 11.4. The molecule has 0 aliphatic rings. The summed E-state index contributed by atoms with van der Waals surface area (Å²) in [6, 6.07) is 0. The molecule has 1 aromatic heterocycles. The number of nitrogens with zero attached hydrogens (tertiary/aromatic N) is 1. The standard InChI is InChI=1S/C9H12F2N2O2/c1-15-7-3-13-6(4-14)5(2-12)8(7)9(10)11/h3,9,14H,2,4,12H2,1H3. The summed E-state index contributed by atoms with van der Waals surface area (Å²) in [5, 5.41) is 8.92. The van der Waals surface area contributed by atoms with Crippen molar-refractivity contribution in [3.8, 4) is 5.75 Å². The third-order valence-electron chi connectivity index (χ3n) is 2.07. The monoisotopic (exact) mass is 218 g/mol. The van der Waals surface area contributed by atoms with Gasteiger partial charge in [0.2, 0.25) is 0 Å². The number of hydrogen-bond donors (Lipinski definition) is 2. The first kappa shape index (κ1) is 11.8. The minimum absolute atomic E-state index is 0.0114. The number of aliphatic hydroxyl groups is 1. The molecule has 6 heteroatoms.